The van der Waals surface area contributed by atoms with E-state index in [1.165, 1.54) is 12.8 Å². The summed E-state index contributed by atoms with van der Waals surface area (Å²) < 4.78 is 17.5. The van der Waals surface area contributed by atoms with Crippen molar-refractivity contribution in [2.24, 2.45) is 5.41 Å². The molecule has 1 fully saturated rings. The molecule has 1 rings (SSSR count). The molecule has 0 saturated heterocycles. The van der Waals surface area contributed by atoms with Gasteiger partial charge >= 0.3 is 0 Å². The number of nitrogens with one attached hydrogen (secondary N) is 1. The fourth-order valence-corrected chi connectivity index (χ4v) is 4.89. The zero-order chi connectivity index (χ0) is 13.6. The van der Waals surface area contributed by atoms with Gasteiger partial charge in [0.25, 0.3) is 0 Å². The third-order valence-corrected chi connectivity index (χ3v) is 5.85. The molecule has 0 aromatic carbocycles. The maximum Gasteiger partial charge on any atom is 0.0506 e. The van der Waals surface area contributed by atoms with Crippen molar-refractivity contribution in [3.05, 3.63) is 0 Å². The smallest absolute Gasteiger partial charge is 0.0506 e. The van der Waals surface area contributed by atoms with E-state index in [0.29, 0.717) is 17.9 Å². The highest BCUT2D eigenvalue weighted by Gasteiger charge is 2.40. The van der Waals surface area contributed by atoms with Crippen LogP contribution in [-0.4, -0.2) is 41.5 Å². The van der Waals surface area contributed by atoms with Crippen LogP contribution < -0.4 is 5.32 Å². The molecule has 0 aromatic heterocycles. The first-order valence-electron chi connectivity index (χ1n) is 7.12. The molecule has 0 bridgehead atoms. The Hall–Kier alpha value is 0.0700. The van der Waals surface area contributed by atoms with Crippen LogP contribution in [0.15, 0.2) is 0 Å². The van der Waals surface area contributed by atoms with Gasteiger partial charge in [-0.05, 0) is 31.2 Å². The van der Waals surface area contributed by atoms with E-state index in [9.17, 15) is 4.21 Å². The first-order chi connectivity index (χ1) is 8.53. The fourth-order valence-electron chi connectivity index (χ4n) is 2.99. The Morgan fingerprint density at radius 3 is 2.78 bits per heavy atom. The first-order valence-corrected chi connectivity index (χ1v) is 8.50. The number of methoxy groups -OCH3 is 1. The van der Waals surface area contributed by atoms with E-state index in [-0.39, 0.29) is 5.41 Å². The standard InChI is InChI=1S/C14H29NO2S/c1-5-15-13-12(8-6-9-14(13,2)3)18(16)11-7-10-17-4/h12-13,15H,5-11H2,1-4H3. The van der Waals surface area contributed by atoms with Gasteiger partial charge in [-0.2, -0.15) is 0 Å². The van der Waals surface area contributed by atoms with Crippen molar-refractivity contribution < 1.29 is 8.95 Å². The van der Waals surface area contributed by atoms with Gasteiger partial charge in [-0.1, -0.05) is 27.2 Å². The maximum atomic E-state index is 12.5. The monoisotopic (exact) mass is 275 g/mol. The summed E-state index contributed by atoms with van der Waals surface area (Å²) in [5, 5.41) is 3.88. The molecule has 18 heavy (non-hydrogen) atoms. The quantitative estimate of drug-likeness (QED) is 0.725. The Morgan fingerprint density at radius 2 is 2.17 bits per heavy atom. The first kappa shape index (κ1) is 16.1. The van der Waals surface area contributed by atoms with E-state index in [1.807, 2.05) is 0 Å². The molecule has 0 radical (unpaired) electrons. The van der Waals surface area contributed by atoms with Gasteiger partial charge in [0.05, 0.1) is 5.25 Å². The van der Waals surface area contributed by atoms with Gasteiger partial charge in [-0.25, -0.2) is 0 Å². The number of rotatable bonds is 7. The second-order valence-corrected chi connectivity index (χ2v) is 7.66. The summed E-state index contributed by atoms with van der Waals surface area (Å²) in [7, 11) is 0.974. The Morgan fingerprint density at radius 1 is 1.44 bits per heavy atom. The van der Waals surface area contributed by atoms with Crippen LogP contribution in [0, 0.1) is 5.41 Å². The van der Waals surface area contributed by atoms with Crippen LogP contribution in [0.4, 0.5) is 0 Å². The molecule has 0 heterocycles. The number of ether oxygens (including phenoxy) is 1. The largest absolute Gasteiger partial charge is 0.385 e. The molecule has 3 nitrogen and oxygen atoms in total. The van der Waals surface area contributed by atoms with Gasteiger partial charge in [-0.3, -0.25) is 4.21 Å². The molecule has 108 valence electrons. The van der Waals surface area contributed by atoms with Crippen molar-refractivity contribution >= 4 is 10.8 Å². The summed E-state index contributed by atoms with van der Waals surface area (Å²) in [6, 6.07) is 0.389. The molecule has 0 aliphatic heterocycles. The molecule has 3 unspecified atom stereocenters. The van der Waals surface area contributed by atoms with E-state index in [1.54, 1.807) is 7.11 Å². The van der Waals surface area contributed by atoms with Gasteiger partial charge in [-0.15, -0.1) is 0 Å². The Labute approximate surface area is 115 Å². The lowest BCUT2D eigenvalue weighted by Crippen LogP contribution is -2.54. The number of hydrogen-bond donors (Lipinski definition) is 1. The van der Waals surface area contributed by atoms with Crippen molar-refractivity contribution in [1.82, 2.24) is 5.32 Å². The van der Waals surface area contributed by atoms with Gasteiger partial charge in [0.15, 0.2) is 0 Å². The SMILES string of the molecule is CCNC1C(S(=O)CCCOC)CCCC1(C)C. The van der Waals surface area contributed by atoms with Crippen LogP contribution in [-0.2, 0) is 15.5 Å². The normalized spacial score (nSPS) is 29.1. The molecule has 3 atom stereocenters. The predicted molar refractivity (Wildman–Crippen MR) is 78.4 cm³/mol. The third kappa shape index (κ3) is 4.32. The Bertz CT molecular complexity index is 269. The Kier molecular flexibility index (Phi) is 6.82. The fraction of sp³-hybridized carbons (Fsp3) is 1.00. The summed E-state index contributed by atoms with van der Waals surface area (Å²) in [5.74, 6) is 0.774. The highest BCUT2D eigenvalue weighted by atomic mass is 32.2. The summed E-state index contributed by atoms with van der Waals surface area (Å²) in [5.41, 5.74) is 0.260. The molecule has 4 heteroatoms. The minimum Gasteiger partial charge on any atom is -0.385 e. The second kappa shape index (κ2) is 7.61. The van der Waals surface area contributed by atoms with Crippen LogP contribution in [0.3, 0.4) is 0 Å². The molecule has 0 spiro atoms. The van der Waals surface area contributed by atoms with Crippen molar-refractivity contribution in [3.8, 4) is 0 Å². The van der Waals surface area contributed by atoms with Crippen molar-refractivity contribution in [3.63, 3.8) is 0 Å². The van der Waals surface area contributed by atoms with Crippen LogP contribution in [0.5, 0.6) is 0 Å². The van der Waals surface area contributed by atoms with Gasteiger partial charge in [0, 0.05) is 36.3 Å². The lowest BCUT2D eigenvalue weighted by atomic mass is 9.73. The lowest BCUT2D eigenvalue weighted by Gasteiger charge is -2.44. The maximum absolute atomic E-state index is 12.5. The van der Waals surface area contributed by atoms with Crippen LogP contribution in [0.2, 0.25) is 0 Å². The summed E-state index contributed by atoms with van der Waals surface area (Å²) in [6.45, 7) is 8.42. The summed E-state index contributed by atoms with van der Waals surface area (Å²) in [6.07, 6.45) is 4.44. The van der Waals surface area contributed by atoms with Crippen LogP contribution >= 0.6 is 0 Å². The average molecular weight is 275 g/mol. The molecular weight excluding hydrogens is 246 g/mol. The van der Waals surface area contributed by atoms with Crippen LogP contribution in [0.1, 0.15) is 46.5 Å². The zero-order valence-corrected chi connectivity index (χ0v) is 13.1. The second-order valence-electron chi connectivity index (χ2n) is 5.89. The van der Waals surface area contributed by atoms with E-state index >= 15 is 0 Å². The third-order valence-electron chi connectivity index (χ3n) is 3.98. The molecule has 1 aliphatic rings. The van der Waals surface area contributed by atoms with Crippen molar-refractivity contribution in [2.75, 3.05) is 26.0 Å². The Balaban J connectivity index is 2.62. The van der Waals surface area contributed by atoms with E-state index in [4.69, 9.17) is 4.74 Å². The van der Waals surface area contributed by atoms with Crippen LogP contribution in [0.25, 0.3) is 0 Å². The van der Waals surface area contributed by atoms with Crippen molar-refractivity contribution in [1.29, 1.82) is 0 Å². The average Bonchev–Trinajstić information content (AvgIpc) is 2.31. The highest BCUT2D eigenvalue weighted by Crippen LogP contribution is 2.37. The van der Waals surface area contributed by atoms with E-state index in [2.05, 4.69) is 26.1 Å². The minimum atomic E-state index is -0.729. The molecule has 0 amide bonds. The zero-order valence-electron chi connectivity index (χ0n) is 12.3. The summed E-state index contributed by atoms with van der Waals surface area (Å²) in [4.78, 5) is 0. The predicted octanol–water partition coefficient (Wildman–Crippen LogP) is 2.33. The van der Waals surface area contributed by atoms with Crippen molar-refractivity contribution in [2.45, 2.75) is 57.7 Å². The lowest BCUT2D eigenvalue weighted by molar-refractivity contribution is 0.174. The van der Waals surface area contributed by atoms with Gasteiger partial charge in [0.2, 0.25) is 0 Å². The molecule has 1 N–H and O–H groups in total. The summed E-state index contributed by atoms with van der Waals surface area (Å²) >= 11 is 0. The minimum absolute atomic E-state index is 0.260. The topological polar surface area (TPSA) is 38.3 Å². The molecular formula is C14H29NO2S. The van der Waals surface area contributed by atoms with Gasteiger partial charge < -0.3 is 10.1 Å². The molecule has 1 saturated carbocycles. The number of hydrogen-bond acceptors (Lipinski definition) is 3. The van der Waals surface area contributed by atoms with E-state index in [0.717, 1.165) is 25.1 Å². The highest BCUT2D eigenvalue weighted by molar-refractivity contribution is 7.85. The van der Waals surface area contributed by atoms with Gasteiger partial charge in [0.1, 0.15) is 0 Å². The molecule has 1 aliphatic carbocycles. The molecule has 0 aromatic rings. The van der Waals surface area contributed by atoms with E-state index < -0.39 is 10.8 Å².